The highest BCUT2D eigenvalue weighted by molar-refractivity contribution is 8.01. The first-order valence-corrected chi connectivity index (χ1v) is 8.69. The van der Waals surface area contributed by atoms with Gasteiger partial charge in [0.25, 0.3) is 0 Å². The molecule has 0 radical (unpaired) electrons. The minimum absolute atomic E-state index is 0.0557. The van der Waals surface area contributed by atoms with Gasteiger partial charge in [-0.3, -0.25) is 4.79 Å². The van der Waals surface area contributed by atoms with Crippen LogP contribution in [0.3, 0.4) is 0 Å². The van der Waals surface area contributed by atoms with E-state index < -0.39 is 0 Å². The van der Waals surface area contributed by atoms with Gasteiger partial charge < -0.3 is 11.1 Å². The van der Waals surface area contributed by atoms with Crippen molar-refractivity contribution in [3.05, 3.63) is 34.3 Å². The molecule has 4 nitrogen and oxygen atoms in total. The molecule has 1 aromatic heterocycles. The van der Waals surface area contributed by atoms with Crippen LogP contribution in [0.4, 0.5) is 11.4 Å². The van der Waals surface area contributed by atoms with Crippen LogP contribution in [0.5, 0.6) is 0 Å². The SMILES string of the molecule is Cc1csc(SCCCC(=O)Nc2cc(Cl)ccc2N)n1. The summed E-state index contributed by atoms with van der Waals surface area (Å²) in [6.45, 7) is 1.98. The number of nitrogens with zero attached hydrogens (tertiary/aromatic N) is 1. The van der Waals surface area contributed by atoms with Gasteiger partial charge in [0.1, 0.15) is 4.34 Å². The molecule has 1 heterocycles. The molecule has 0 spiro atoms. The number of benzene rings is 1. The van der Waals surface area contributed by atoms with E-state index in [-0.39, 0.29) is 5.91 Å². The fraction of sp³-hybridized carbons (Fsp3) is 0.286. The lowest BCUT2D eigenvalue weighted by Gasteiger charge is -2.08. The van der Waals surface area contributed by atoms with Crippen molar-refractivity contribution < 1.29 is 4.79 Å². The van der Waals surface area contributed by atoms with Gasteiger partial charge in [-0.2, -0.15) is 0 Å². The Morgan fingerprint density at radius 1 is 1.52 bits per heavy atom. The third-order valence-electron chi connectivity index (χ3n) is 2.66. The highest BCUT2D eigenvalue weighted by Gasteiger charge is 2.06. The number of nitrogens with two attached hydrogens (primary N) is 1. The molecule has 0 saturated carbocycles. The van der Waals surface area contributed by atoms with E-state index in [1.807, 2.05) is 12.3 Å². The van der Waals surface area contributed by atoms with Gasteiger partial charge >= 0.3 is 0 Å². The van der Waals surface area contributed by atoms with Gasteiger partial charge in [-0.05, 0) is 31.5 Å². The summed E-state index contributed by atoms with van der Waals surface area (Å²) in [5.74, 6) is 0.811. The minimum atomic E-state index is -0.0557. The topological polar surface area (TPSA) is 68.0 Å². The van der Waals surface area contributed by atoms with Gasteiger partial charge in [-0.25, -0.2) is 4.98 Å². The van der Waals surface area contributed by atoms with Crippen LogP contribution in [0.15, 0.2) is 27.9 Å². The average molecular weight is 342 g/mol. The Morgan fingerprint density at radius 2 is 2.33 bits per heavy atom. The molecule has 2 aromatic rings. The van der Waals surface area contributed by atoms with Crippen molar-refractivity contribution in [1.82, 2.24) is 4.98 Å². The summed E-state index contributed by atoms with van der Waals surface area (Å²) in [6.07, 6.45) is 1.24. The summed E-state index contributed by atoms with van der Waals surface area (Å²) in [4.78, 5) is 16.2. The first-order valence-electron chi connectivity index (χ1n) is 6.44. The molecule has 21 heavy (non-hydrogen) atoms. The van der Waals surface area contributed by atoms with Crippen LogP contribution in [0.25, 0.3) is 0 Å². The molecule has 1 aromatic carbocycles. The Bertz CT molecular complexity index is 630. The fourth-order valence-electron chi connectivity index (χ4n) is 1.64. The summed E-state index contributed by atoms with van der Waals surface area (Å²) in [5.41, 5.74) is 7.90. The summed E-state index contributed by atoms with van der Waals surface area (Å²) >= 11 is 9.19. The fourth-order valence-corrected chi connectivity index (χ4v) is 3.67. The smallest absolute Gasteiger partial charge is 0.224 e. The van der Waals surface area contributed by atoms with Crippen molar-refractivity contribution in [3.63, 3.8) is 0 Å². The van der Waals surface area contributed by atoms with Crippen LogP contribution in [0.1, 0.15) is 18.5 Å². The number of hydrogen-bond donors (Lipinski definition) is 2. The van der Waals surface area contributed by atoms with Crippen LogP contribution in [-0.2, 0) is 4.79 Å². The monoisotopic (exact) mass is 341 g/mol. The van der Waals surface area contributed by atoms with E-state index in [2.05, 4.69) is 10.3 Å². The zero-order chi connectivity index (χ0) is 15.2. The summed E-state index contributed by atoms with van der Waals surface area (Å²) in [7, 11) is 0. The number of carbonyl (C=O) groups is 1. The number of thioether (sulfide) groups is 1. The molecule has 3 N–H and O–H groups in total. The maximum Gasteiger partial charge on any atom is 0.224 e. The van der Waals surface area contributed by atoms with Crippen molar-refractivity contribution in [3.8, 4) is 0 Å². The van der Waals surface area contributed by atoms with Crippen molar-refractivity contribution >= 4 is 52.0 Å². The van der Waals surface area contributed by atoms with E-state index in [1.54, 1.807) is 41.3 Å². The Balaban J connectivity index is 1.73. The van der Waals surface area contributed by atoms with E-state index in [1.165, 1.54) is 0 Å². The average Bonchev–Trinajstić information content (AvgIpc) is 2.85. The third-order valence-corrected chi connectivity index (χ3v) is 5.12. The van der Waals surface area contributed by atoms with Gasteiger partial charge in [0, 0.05) is 28.3 Å². The van der Waals surface area contributed by atoms with Gasteiger partial charge in [0.05, 0.1) is 11.4 Å². The number of carbonyl (C=O) groups excluding carboxylic acids is 1. The van der Waals surface area contributed by atoms with Crippen molar-refractivity contribution in [2.45, 2.75) is 24.1 Å². The second-order valence-electron chi connectivity index (χ2n) is 4.49. The van der Waals surface area contributed by atoms with Crippen molar-refractivity contribution in [2.75, 3.05) is 16.8 Å². The van der Waals surface area contributed by atoms with Crippen LogP contribution < -0.4 is 11.1 Å². The van der Waals surface area contributed by atoms with Gasteiger partial charge in [-0.15, -0.1) is 11.3 Å². The first kappa shape index (κ1) is 16.1. The molecule has 0 aliphatic rings. The number of thiazole rings is 1. The molecule has 0 aliphatic heterocycles. The standard InChI is InChI=1S/C14H16ClN3OS2/c1-9-8-21-14(17-9)20-6-2-3-13(19)18-12-7-10(15)4-5-11(12)16/h4-5,7-8H,2-3,6,16H2,1H3,(H,18,19). The number of nitrogens with one attached hydrogen (secondary N) is 1. The Kier molecular flexibility index (Phi) is 5.90. The quantitative estimate of drug-likeness (QED) is 0.469. The summed E-state index contributed by atoms with van der Waals surface area (Å²) < 4.78 is 1.05. The Morgan fingerprint density at radius 3 is 3.05 bits per heavy atom. The lowest BCUT2D eigenvalue weighted by molar-refractivity contribution is -0.116. The Hall–Kier alpha value is -1.24. The largest absolute Gasteiger partial charge is 0.397 e. The van der Waals surface area contributed by atoms with E-state index >= 15 is 0 Å². The third kappa shape index (κ3) is 5.22. The lowest BCUT2D eigenvalue weighted by atomic mass is 10.2. The van der Waals surface area contributed by atoms with Crippen molar-refractivity contribution in [2.24, 2.45) is 0 Å². The normalized spacial score (nSPS) is 10.6. The number of rotatable bonds is 6. The number of nitrogen functional groups attached to an aromatic ring is 1. The molecule has 7 heteroatoms. The second kappa shape index (κ2) is 7.68. The Labute approximate surface area is 137 Å². The molecular formula is C14H16ClN3OS2. The van der Waals surface area contributed by atoms with E-state index in [9.17, 15) is 4.79 Å². The lowest BCUT2D eigenvalue weighted by Crippen LogP contribution is -2.12. The number of halogens is 1. The molecule has 112 valence electrons. The zero-order valence-electron chi connectivity index (χ0n) is 11.6. The molecule has 0 atom stereocenters. The van der Waals surface area contributed by atoms with E-state index in [0.29, 0.717) is 22.8 Å². The van der Waals surface area contributed by atoms with Gasteiger partial charge in [0.2, 0.25) is 5.91 Å². The van der Waals surface area contributed by atoms with E-state index in [0.717, 1.165) is 22.2 Å². The molecule has 1 amide bonds. The molecule has 0 bridgehead atoms. The minimum Gasteiger partial charge on any atom is -0.397 e. The maximum atomic E-state index is 11.9. The first-order chi connectivity index (χ1) is 10.0. The highest BCUT2D eigenvalue weighted by atomic mass is 35.5. The molecule has 0 unspecified atom stereocenters. The molecule has 0 fully saturated rings. The molecular weight excluding hydrogens is 326 g/mol. The summed E-state index contributed by atoms with van der Waals surface area (Å²) in [5, 5.41) is 5.36. The second-order valence-corrected chi connectivity index (χ2v) is 7.12. The van der Waals surface area contributed by atoms with Crippen LogP contribution >= 0.6 is 34.7 Å². The number of aromatic nitrogens is 1. The highest BCUT2D eigenvalue weighted by Crippen LogP contribution is 2.24. The van der Waals surface area contributed by atoms with Gasteiger partial charge in [0.15, 0.2) is 0 Å². The molecule has 2 rings (SSSR count). The number of aryl methyl sites for hydroxylation is 1. The van der Waals surface area contributed by atoms with Crippen LogP contribution in [0.2, 0.25) is 5.02 Å². The van der Waals surface area contributed by atoms with Gasteiger partial charge in [-0.1, -0.05) is 23.4 Å². The molecule has 0 aliphatic carbocycles. The predicted molar refractivity (Wildman–Crippen MR) is 91.3 cm³/mol. The van der Waals surface area contributed by atoms with Crippen LogP contribution in [-0.4, -0.2) is 16.6 Å². The number of anilines is 2. The van der Waals surface area contributed by atoms with Crippen LogP contribution in [0, 0.1) is 6.92 Å². The predicted octanol–water partition coefficient (Wildman–Crippen LogP) is 4.20. The maximum absolute atomic E-state index is 11.9. The van der Waals surface area contributed by atoms with Crippen molar-refractivity contribution in [1.29, 1.82) is 0 Å². The molecule has 0 saturated heterocycles. The number of amides is 1. The zero-order valence-corrected chi connectivity index (χ0v) is 13.9. The number of hydrogen-bond acceptors (Lipinski definition) is 5. The van der Waals surface area contributed by atoms with E-state index in [4.69, 9.17) is 17.3 Å². The summed E-state index contributed by atoms with van der Waals surface area (Å²) in [6, 6.07) is 5.03.